The molecular weight excluding hydrogens is 282 g/mol. The lowest BCUT2D eigenvalue weighted by molar-refractivity contribution is 0.196. The first-order valence-corrected chi connectivity index (χ1v) is 8.87. The highest BCUT2D eigenvalue weighted by Gasteiger charge is 2.49. The first kappa shape index (κ1) is 13.4. The molecule has 0 radical (unpaired) electrons. The summed E-state index contributed by atoms with van der Waals surface area (Å²) in [5, 5.41) is 4.11. The van der Waals surface area contributed by atoms with Crippen molar-refractivity contribution in [3.05, 3.63) is 34.9 Å². The maximum atomic E-state index is 11.9. The second kappa shape index (κ2) is 4.76. The summed E-state index contributed by atoms with van der Waals surface area (Å²) >= 11 is 6.08. The van der Waals surface area contributed by atoms with Crippen molar-refractivity contribution in [2.24, 2.45) is 5.41 Å². The molecule has 0 aliphatic carbocycles. The Bertz CT molecular complexity index is 587. The van der Waals surface area contributed by atoms with Gasteiger partial charge in [-0.3, -0.25) is 0 Å². The molecule has 1 N–H and O–H groups in total. The molecule has 2 atom stereocenters. The zero-order chi connectivity index (χ0) is 13.5. The summed E-state index contributed by atoms with van der Waals surface area (Å²) in [5.74, 6) is 0.917. The van der Waals surface area contributed by atoms with Crippen molar-refractivity contribution in [1.82, 2.24) is 5.32 Å². The van der Waals surface area contributed by atoms with Crippen LogP contribution in [0.5, 0.6) is 0 Å². The second-order valence-corrected chi connectivity index (χ2v) is 8.39. The van der Waals surface area contributed by atoms with Crippen molar-refractivity contribution in [2.75, 3.05) is 24.6 Å². The van der Waals surface area contributed by atoms with Crippen LogP contribution in [0.3, 0.4) is 0 Å². The smallest absolute Gasteiger partial charge is 0.150 e. The van der Waals surface area contributed by atoms with E-state index in [-0.39, 0.29) is 11.3 Å². The molecule has 5 heteroatoms. The Morgan fingerprint density at radius 2 is 2.16 bits per heavy atom. The van der Waals surface area contributed by atoms with E-state index in [0.717, 1.165) is 36.5 Å². The molecule has 1 aromatic carbocycles. The Morgan fingerprint density at radius 3 is 2.84 bits per heavy atom. The molecule has 1 spiro atoms. The van der Waals surface area contributed by atoms with Gasteiger partial charge in [0, 0.05) is 17.5 Å². The van der Waals surface area contributed by atoms with Crippen molar-refractivity contribution in [3.8, 4) is 0 Å². The molecule has 104 valence electrons. The van der Waals surface area contributed by atoms with E-state index in [0.29, 0.717) is 11.5 Å². The summed E-state index contributed by atoms with van der Waals surface area (Å²) in [6, 6.07) is 7.85. The van der Waals surface area contributed by atoms with Gasteiger partial charge in [0.1, 0.15) is 0 Å². The van der Waals surface area contributed by atoms with Crippen molar-refractivity contribution < 1.29 is 8.42 Å². The quantitative estimate of drug-likeness (QED) is 0.865. The van der Waals surface area contributed by atoms with E-state index in [2.05, 4.69) is 11.4 Å². The zero-order valence-corrected chi connectivity index (χ0v) is 12.3. The second-order valence-electron chi connectivity index (χ2n) is 5.77. The van der Waals surface area contributed by atoms with Crippen LogP contribution in [0, 0.1) is 5.41 Å². The molecule has 2 fully saturated rings. The lowest BCUT2D eigenvalue weighted by atomic mass is 9.68. The average molecular weight is 300 g/mol. The van der Waals surface area contributed by atoms with E-state index in [1.165, 1.54) is 0 Å². The van der Waals surface area contributed by atoms with E-state index >= 15 is 0 Å². The molecular formula is C14H18ClNO2S. The summed E-state index contributed by atoms with van der Waals surface area (Å²) in [6.45, 7) is 1.75. The third-order valence-corrected chi connectivity index (χ3v) is 6.63. The van der Waals surface area contributed by atoms with Gasteiger partial charge >= 0.3 is 0 Å². The third-order valence-electron chi connectivity index (χ3n) is 4.56. The number of hydrogen-bond acceptors (Lipinski definition) is 3. The summed E-state index contributed by atoms with van der Waals surface area (Å²) in [6.07, 6.45) is 1.72. The Kier molecular flexibility index (Phi) is 3.36. The minimum Gasteiger partial charge on any atom is -0.316 e. The molecule has 0 amide bonds. The Balaban J connectivity index is 1.98. The minimum atomic E-state index is -2.87. The first-order chi connectivity index (χ1) is 9.01. The van der Waals surface area contributed by atoms with Crippen LogP contribution in [0.2, 0.25) is 5.02 Å². The molecule has 19 heavy (non-hydrogen) atoms. The Hall–Kier alpha value is -0.580. The summed E-state index contributed by atoms with van der Waals surface area (Å²) in [7, 11) is -2.87. The molecule has 1 aromatic rings. The largest absolute Gasteiger partial charge is 0.316 e. The maximum absolute atomic E-state index is 11.9. The number of nitrogens with one attached hydrogen (secondary N) is 1. The van der Waals surface area contributed by atoms with Crippen LogP contribution in [0.1, 0.15) is 24.3 Å². The lowest BCUT2D eigenvalue weighted by Crippen LogP contribution is -2.44. The van der Waals surface area contributed by atoms with Gasteiger partial charge in [-0.25, -0.2) is 8.42 Å². The normalized spacial score (nSPS) is 33.6. The number of sulfone groups is 1. The molecule has 0 saturated carbocycles. The monoisotopic (exact) mass is 299 g/mol. The van der Waals surface area contributed by atoms with Crippen molar-refractivity contribution >= 4 is 21.4 Å². The van der Waals surface area contributed by atoms with Crippen LogP contribution in [0.15, 0.2) is 24.3 Å². The SMILES string of the molecule is O=S1(=O)CCC2(CCNCC2c2cccc(Cl)c2)C1. The fraction of sp³-hybridized carbons (Fsp3) is 0.571. The van der Waals surface area contributed by atoms with Gasteiger partial charge in [-0.15, -0.1) is 0 Å². The van der Waals surface area contributed by atoms with Crippen molar-refractivity contribution in [3.63, 3.8) is 0 Å². The molecule has 3 nitrogen and oxygen atoms in total. The van der Waals surface area contributed by atoms with E-state index < -0.39 is 9.84 Å². The molecule has 2 saturated heterocycles. The van der Waals surface area contributed by atoms with Crippen molar-refractivity contribution in [1.29, 1.82) is 0 Å². The highest BCUT2D eigenvalue weighted by atomic mass is 35.5. The van der Waals surface area contributed by atoms with Crippen LogP contribution in [-0.4, -0.2) is 33.0 Å². The van der Waals surface area contributed by atoms with Gasteiger partial charge < -0.3 is 5.32 Å². The van der Waals surface area contributed by atoms with Gasteiger partial charge in [0.15, 0.2) is 9.84 Å². The fourth-order valence-corrected chi connectivity index (χ4v) is 6.01. The summed E-state index contributed by atoms with van der Waals surface area (Å²) < 4.78 is 23.8. The van der Waals surface area contributed by atoms with E-state index in [1.807, 2.05) is 18.2 Å². The average Bonchev–Trinajstić information content (AvgIpc) is 2.66. The van der Waals surface area contributed by atoms with Gasteiger partial charge in [-0.05, 0) is 42.5 Å². The number of rotatable bonds is 1. The Labute approximate surface area is 119 Å². The number of benzene rings is 1. The number of hydrogen-bond donors (Lipinski definition) is 1. The van der Waals surface area contributed by atoms with Crippen LogP contribution in [0.25, 0.3) is 0 Å². The lowest BCUT2D eigenvalue weighted by Gasteiger charge is -2.41. The minimum absolute atomic E-state index is 0.0885. The van der Waals surface area contributed by atoms with Crippen LogP contribution < -0.4 is 5.32 Å². The van der Waals surface area contributed by atoms with Crippen LogP contribution in [-0.2, 0) is 9.84 Å². The molecule has 2 heterocycles. The van der Waals surface area contributed by atoms with Gasteiger partial charge in [0.05, 0.1) is 11.5 Å². The molecule has 2 aliphatic rings. The highest BCUT2D eigenvalue weighted by Crippen LogP contribution is 2.48. The van der Waals surface area contributed by atoms with E-state index in [4.69, 9.17) is 11.6 Å². The molecule has 0 bridgehead atoms. The van der Waals surface area contributed by atoms with Gasteiger partial charge in [-0.1, -0.05) is 23.7 Å². The highest BCUT2D eigenvalue weighted by molar-refractivity contribution is 7.91. The topological polar surface area (TPSA) is 46.2 Å². The van der Waals surface area contributed by atoms with Gasteiger partial charge in [0.25, 0.3) is 0 Å². The molecule has 0 aromatic heterocycles. The van der Waals surface area contributed by atoms with Crippen molar-refractivity contribution in [2.45, 2.75) is 18.8 Å². The molecule has 2 aliphatic heterocycles. The maximum Gasteiger partial charge on any atom is 0.150 e. The number of halogens is 1. The predicted octanol–water partition coefficient (Wildman–Crippen LogP) is 2.22. The number of piperidine rings is 1. The fourth-order valence-electron chi connectivity index (χ4n) is 3.58. The molecule has 2 unspecified atom stereocenters. The van der Waals surface area contributed by atoms with Gasteiger partial charge in [0.2, 0.25) is 0 Å². The third kappa shape index (κ3) is 2.54. The van der Waals surface area contributed by atoms with Crippen LogP contribution >= 0.6 is 11.6 Å². The van der Waals surface area contributed by atoms with Gasteiger partial charge in [-0.2, -0.15) is 0 Å². The predicted molar refractivity (Wildman–Crippen MR) is 77.4 cm³/mol. The zero-order valence-electron chi connectivity index (χ0n) is 10.7. The Morgan fingerprint density at radius 1 is 1.32 bits per heavy atom. The van der Waals surface area contributed by atoms with E-state index in [1.54, 1.807) is 0 Å². The first-order valence-electron chi connectivity index (χ1n) is 6.67. The van der Waals surface area contributed by atoms with E-state index in [9.17, 15) is 8.42 Å². The standard InChI is InChI=1S/C14H18ClNO2S/c15-12-3-1-2-11(8-12)13-9-16-6-4-14(13)5-7-19(17,18)10-14/h1-3,8,13,16H,4-7,9-10H2. The van der Waals surface area contributed by atoms with Crippen LogP contribution in [0.4, 0.5) is 0 Å². The summed E-state index contributed by atoms with van der Waals surface area (Å²) in [4.78, 5) is 0. The molecule has 3 rings (SSSR count). The summed E-state index contributed by atoms with van der Waals surface area (Å²) in [5.41, 5.74) is 1.08.